The molecule has 0 amide bonds. The third-order valence-electron chi connectivity index (χ3n) is 2.17. The topological polar surface area (TPSA) is 27.7 Å². The van der Waals surface area contributed by atoms with E-state index in [1.54, 1.807) is 6.08 Å². The van der Waals surface area contributed by atoms with E-state index in [2.05, 4.69) is 6.58 Å². The van der Waals surface area contributed by atoms with Crippen LogP contribution in [0.15, 0.2) is 36.9 Å². The normalized spacial score (nSPS) is 10.5. The highest BCUT2D eigenvalue weighted by molar-refractivity contribution is 5.34. The van der Waals surface area contributed by atoms with E-state index in [-0.39, 0.29) is 6.29 Å². The van der Waals surface area contributed by atoms with Crippen molar-refractivity contribution < 1.29 is 14.2 Å². The standard InChI is InChI=1S/C14H20O3/c1-4-11-17-13-10-8-7-9-12(13)14(15-5-2)16-6-3/h4,7-10,14H,1,5-6,11H2,2-3H3. The van der Waals surface area contributed by atoms with Gasteiger partial charge >= 0.3 is 0 Å². The highest BCUT2D eigenvalue weighted by atomic mass is 16.7. The maximum atomic E-state index is 5.58. The molecule has 0 heterocycles. The number of benzene rings is 1. The summed E-state index contributed by atoms with van der Waals surface area (Å²) in [6, 6.07) is 7.73. The summed E-state index contributed by atoms with van der Waals surface area (Å²) in [6.07, 6.45) is 1.35. The summed E-state index contributed by atoms with van der Waals surface area (Å²) in [5, 5.41) is 0. The van der Waals surface area contributed by atoms with E-state index in [9.17, 15) is 0 Å². The molecule has 0 unspecified atom stereocenters. The van der Waals surface area contributed by atoms with Gasteiger partial charge in [0.2, 0.25) is 0 Å². The first kappa shape index (κ1) is 13.7. The van der Waals surface area contributed by atoms with Crippen LogP contribution in [0, 0.1) is 0 Å². The van der Waals surface area contributed by atoms with E-state index in [1.165, 1.54) is 0 Å². The van der Waals surface area contributed by atoms with Crippen molar-refractivity contribution in [2.75, 3.05) is 19.8 Å². The molecular weight excluding hydrogens is 216 g/mol. The van der Waals surface area contributed by atoms with Gasteiger partial charge in [-0.25, -0.2) is 0 Å². The van der Waals surface area contributed by atoms with Gasteiger partial charge in [-0.15, -0.1) is 0 Å². The average molecular weight is 236 g/mol. The van der Waals surface area contributed by atoms with Crippen LogP contribution in [0.5, 0.6) is 5.75 Å². The predicted molar refractivity (Wildman–Crippen MR) is 68.1 cm³/mol. The Morgan fingerprint density at radius 2 is 1.82 bits per heavy atom. The fourth-order valence-corrected chi connectivity index (χ4v) is 1.49. The maximum Gasteiger partial charge on any atom is 0.187 e. The monoisotopic (exact) mass is 236 g/mol. The summed E-state index contributed by atoms with van der Waals surface area (Å²) in [4.78, 5) is 0. The summed E-state index contributed by atoms with van der Waals surface area (Å²) < 4.78 is 16.7. The van der Waals surface area contributed by atoms with Gasteiger partial charge in [-0.1, -0.05) is 30.9 Å². The molecule has 1 aromatic rings. The third kappa shape index (κ3) is 4.21. The highest BCUT2D eigenvalue weighted by Crippen LogP contribution is 2.28. The van der Waals surface area contributed by atoms with Crippen molar-refractivity contribution in [1.82, 2.24) is 0 Å². The largest absolute Gasteiger partial charge is 0.489 e. The number of ether oxygens (including phenoxy) is 3. The zero-order valence-electron chi connectivity index (χ0n) is 10.5. The van der Waals surface area contributed by atoms with Gasteiger partial charge in [0.25, 0.3) is 0 Å². The summed E-state index contributed by atoms with van der Waals surface area (Å²) in [6.45, 7) is 9.19. The van der Waals surface area contributed by atoms with Gasteiger partial charge in [-0.3, -0.25) is 0 Å². The first-order valence-corrected chi connectivity index (χ1v) is 5.89. The Labute approximate surface area is 103 Å². The SMILES string of the molecule is C=CCOc1ccccc1C(OCC)OCC. The van der Waals surface area contributed by atoms with E-state index in [0.717, 1.165) is 11.3 Å². The van der Waals surface area contributed by atoms with Crippen LogP contribution in [-0.2, 0) is 9.47 Å². The minimum atomic E-state index is -0.369. The average Bonchev–Trinajstić information content (AvgIpc) is 2.36. The molecule has 17 heavy (non-hydrogen) atoms. The number of hydrogen-bond acceptors (Lipinski definition) is 3. The van der Waals surface area contributed by atoms with Crippen LogP contribution in [0.2, 0.25) is 0 Å². The van der Waals surface area contributed by atoms with Crippen LogP contribution in [0.3, 0.4) is 0 Å². The van der Waals surface area contributed by atoms with Crippen LogP contribution in [-0.4, -0.2) is 19.8 Å². The molecule has 3 nitrogen and oxygen atoms in total. The van der Waals surface area contributed by atoms with Crippen molar-refractivity contribution in [3.8, 4) is 5.75 Å². The number of para-hydroxylation sites is 1. The van der Waals surface area contributed by atoms with Crippen molar-refractivity contribution in [2.45, 2.75) is 20.1 Å². The summed E-state index contributed by atoms with van der Waals surface area (Å²) in [7, 11) is 0. The number of hydrogen-bond donors (Lipinski definition) is 0. The molecule has 0 N–H and O–H groups in total. The van der Waals surface area contributed by atoms with E-state index >= 15 is 0 Å². The number of rotatable bonds is 8. The second-order valence-corrected chi connectivity index (χ2v) is 3.38. The molecule has 0 fully saturated rings. The van der Waals surface area contributed by atoms with Crippen molar-refractivity contribution in [1.29, 1.82) is 0 Å². The lowest BCUT2D eigenvalue weighted by molar-refractivity contribution is -0.141. The molecular formula is C14H20O3. The second-order valence-electron chi connectivity index (χ2n) is 3.38. The third-order valence-corrected chi connectivity index (χ3v) is 2.17. The van der Waals surface area contributed by atoms with E-state index in [4.69, 9.17) is 14.2 Å². The Morgan fingerprint density at radius 3 is 2.41 bits per heavy atom. The second kappa shape index (κ2) is 7.87. The van der Waals surface area contributed by atoms with Gasteiger partial charge in [0.15, 0.2) is 6.29 Å². The minimum Gasteiger partial charge on any atom is -0.489 e. The molecule has 0 radical (unpaired) electrons. The Morgan fingerprint density at radius 1 is 1.18 bits per heavy atom. The maximum absolute atomic E-state index is 5.58. The zero-order chi connectivity index (χ0) is 12.5. The highest BCUT2D eigenvalue weighted by Gasteiger charge is 2.15. The van der Waals surface area contributed by atoms with Crippen molar-refractivity contribution in [2.24, 2.45) is 0 Å². The smallest absolute Gasteiger partial charge is 0.187 e. The first-order valence-electron chi connectivity index (χ1n) is 5.89. The van der Waals surface area contributed by atoms with Crippen molar-refractivity contribution >= 4 is 0 Å². The molecule has 0 aliphatic rings. The fourth-order valence-electron chi connectivity index (χ4n) is 1.49. The van der Waals surface area contributed by atoms with Gasteiger partial charge in [-0.2, -0.15) is 0 Å². The molecule has 0 bridgehead atoms. The predicted octanol–water partition coefficient (Wildman–Crippen LogP) is 3.32. The van der Waals surface area contributed by atoms with Gasteiger partial charge in [-0.05, 0) is 19.9 Å². The molecule has 1 rings (SSSR count). The first-order chi connectivity index (χ1) is 8.33. The quantitative estimate of drug-likeness (QED) is 0.512. The van der Waals surface area contributed by atoms with E-state index in [0.29, 0.717) is 19.8 Å². The van der Waals surface area contributed by atoms with Gasteiger partial charge in [0.1, 0.15) is 12.4 Å². The van der Waals surface area contributed by atoms with E-state index < -0.39 is 0 Å². The van der Waals surface area contributed by atoms with E-state index in [1.807, 2.05) is 38.1 Å². The molecule has 0 spiro atoms. The Balaban J connectivity index is 2.87. The van der Waals surface area contributed by atoms with Gasteiger partial charge in [0.05, 0.1) is 0 Å². The summed E-state index contributed by atoms with van der Waals surface area (Å²) in [5.74, 6) is 0.777. The summed E-state index contributed by atoms with van der Waals surface area (Å²) in [5.41, 5.74) is 0.915. The lowest BCUT2D eigenvalue weighted by Crippen LogP contribution is -2.10. The Kier molecular flexibility index (Phi) is 6.37. The molecule has 0 saturated carbocycles. The van der Waals surface area contributed by atoms with Gasteiger partial charge < -0.3 is 14.2 Å². The van der Waals surface area contributed by atoms with Crippen molar-refractivity contribution in [3.63, 3.8) is 0 Å². The molecule has 3 heteroatoms. The molecule has 1 aromatic carbocycles. The van der Waals surface area contributed by atoms with Crippen LogP contribution in [0.25, 0.3) is 0 Å². The Hall–Kier alpha value is -1.32. The zero-order valence-corrected chi connectivity index (χ0v) is 10.5. The van der Waals surface area contributed by atoms with Crippen LogP contribution < -0.4 is 4.74 Å². The molecule has 0 aliphatic heterocycles. The van der Waals surface area contributed by atoms with Crippen LogP contribution in [0.4, 0.5) is 0 Å². The molecule has 0 aliphatic carbocycles. The van der Waals surface area contributed by atoms with Gasteiger partial charge in [0, 0.05) is 18.8 Å². The van der Waals surface area contributed by atoms with Crippen molar-refractivity contribution in [3.05, 3.63) is 42.5 Å². The lowest BCUT2D eigenvalue weighted by Gasteiger charge is -2.20. The van der Waals surface area contributed by atoms with Crippen LogP contribution in [0.1, 0.15) is 25.7 Å². The lowest BCUT2D eigenvalue weighted by atomic mass is 10.2. The molecule has 0 atom stereocenters. The minimum absolute atomic E-state index is 0.369. The molecule has 0 aromatic heterocycles. The fraction of sp³-hybridized carbons (Fsp3) is 0.429. The van der Waals surface area contributed by atoms with Crippen LogP contribution >= 0.6 is 0 Å². The Bertz CT molecular complexity index is 330. The molecule has 0 saturated heterocycles. The molecule has 94 valence electrons. The summed E-state index contributed by atoms with van der Waals surface area (Å²) >= 11 is 0.